The first-order valence-corrected chi connectivity index (χ1v) is 7.45. The lowest BCUT2D eigenvalue weighted by molar-refractivity contribution is 0.0984. The number of carbonyl (C=O) groups excluding carboxylic acids is 1. The molecule has 0 unspecified atom stereocenters. The second-order valence-electron chi connectivity index (χ2n) is 5.30. The van der Waals surface area contributed by atoms with Gasteiger partial charge in [-0.2, -0.15) is 0 Å². The average molecular weight is 277 g/mol. The maximum Gasteiger partial charge on any atom is 0.165 e. The standard InChI is InChI=1S/C19H19NO/c1-2-15-9-6-10-16-17(13-20-19(15)16)18(21)12-11-14-7-4-3-5-8-14/h3-10,13,20H,2,11-12H2,1H3. The van der Waals surface area contributed by atoms with E-state index < -0.39 is 0 Å². The summed E-state index contributed by atoms with van der Waals surface area (Å²) in [7, 11) is 0. The first-order chi connectivity index (χ1) is 10.3. The molecule has 0 atom stereocenters. The van der Waals surface area contributed by atoms with Crippen LogP contribution in [0.3, 0.4) is 0 Å². The summed E-state index contributed by atoms with van der Waals surface area (Å²) in [6, 6.07) is 16.3. The van der Waals surface area contributed by atoms with Gasteiger partial charge in [0.15, 0.2) is 5.78 Å². The van der Waals surface area contributed by atoms with Crippen LogP contribution >= 0.6 is 0 Å². The van der Waals surface area contributed by atoms with Crippen molar-refractivity contribution < 1.29 is 4.79 Å². The van der Waals surface area contributed by atoms with E-state index in [-0.39, 0.29) is 5.78 Å². The highest BCUT2D eigenvalue weighted by atomic mass is 16.1. The quantitative estimate of drug-likeness (QED) is 0.682. The van der Waals surface area contributed by atoms with Crippen molar-refractivity contribution in [3.8, 4) is 0 Å². The van der Waals surface area contributed by atoms with E-state index in [2.05, 4.69) is 30.1 Å². The van der Waals surface area contributed by atoms with Crippen molar-refractivity contribution in [1.82, 2.24) is 4.98 Å². The highest BCUT2D eigenvalue weighted by Gasteiger charge is 2.13. The van der Waals surface area contributed by atoms with Crippen molar-refractivity contribution in [3.63, 3.8) is 0 Å². The van der Waals surface area contributed by atoms with Gasteiger partial charge in [0.05, 0.1) is 0 Å². The zero-order valence-electron chi connectivity index (χ0n) is 12.2. The molecule has 1 N–H and O–H groups in total. The van der Waals surface area contributed by atoms with Gasteiger partial charge in [0, 0.05) is 29.1 Å². The largest absolute Gasteiger partial charge is 0.360 e. The van der Waals surface area contributed by atoms with Crippen molar-refractivity contribution in [2.24, 2.45) is 0 Å². The van der Waals surface area contributed by atoms with Crippen LogP contribution in [0.2, 0.25) is 0 Å². The van der Waals surface area contributed by atoms with E-state index in [9.17, 15) is 4.79 Å². The Hall–Kier alpha value is -2.35. The number of Topliss-reactive ketones (excluding diaryl/α,β-unsaturated/α-hetero) is 1. The van der Waals surface area contributed by atoms with E-state index in [1.807, 2.05) is 36.5 Å². The Balaban J connectivity index is 1.82. The molecular weight excluding hydrogens is 258 g/mol. The average Bonchev–Trinajstić information content (AvgIpc) is 2.97. The van der Waals surface area contributed by atoms with Gasteiger partial charge in [-0.3, -0.25) is 4.79 Å². The molecule has 2 aromatic carbocycles. The molecule has 0 amide bonds. The Labute approximate surface area is 124 Å². The van der Waals surface area contributed by atoms with E-state index in [0.717, 1.165) is 29.3 Å². The monoisotopic (exact) mass is 277 g/mol. The molecule has 0 aliphatic heterocycles. The number of hydrogen-bond donors (Lipinski definition) is 1. The molecule has 0 fully saturated rings. The molecule has 0 aliphatic rings. The fraction of sp³-hybridized carbons (Fsp3) is 0.211. The van der Waals surface area contributed by atoms with Crippen LogP contribution in [0.5, 0.6) is 0 Å². The molecule has 1 aromatic heterocycles. The Morgan fingerprint density at radius 2 is 1.86 bits per heavy atom. The number of para-hydroxylation sites is 1. The Kier molecular flexibility index (Phi) is 3.87. The third kappa shape index (κ3) is 2.75. The van der Waals surface area contributed by atoms with E-state index in [4.69, 9.17) is 0 Å². The zero-order chi connectivity index (χ0) is 14.7. The number of nitrogens with one attached hydrogen (secondary N) is 1. The summed E-state index contributed by atoms with van der Waals surface area (Å²) in [4.78, 5) is 15.7. The van der Waals surface area contributed by atoms with Crippen molar-refractivity contribution in [2.75, 3.05) is 0 Å². The molecule has 3 aromatic rings. The topological polar surface area (TPSA) is 32.9 Å². The lowest BCUT2D eigenvalue weighted by Gasteiger charge is -2.02. The molecule has 0 spiro atoms. The molecule has 2 nitrogen and oxygen atoms in total. The van der Waals surface area contributed by atoms with Crippen LogP contribution in [-0.2, 0) is 12.8 Å². The summed E-state index contributed by atoms with van der Waals surface area (Å²) >= 11 is 0. The number of ketones is 1. The summed E-state index contributed by atoms with van der Waals surface area (Å²) in [5.41, 5.74) is 4.38. The molecule has 1 heterocycles. The summed E-state index contributed by atoms with van der Waals surface area (Å²) in [6.45, 7) is 2.13. The lowest BCUT2D eigenvalue weighted by atomic mass is 10.0. The minimum atomic E-state index is 0.207. The van der Waals surface area contributed by atoms with Crippen LogP contribution in [0.4, 0.5) is 0 Å². The molecule has 0 saturated carbocycles. The van der Waals surface area contributed by atoms with E-state index in [1.54, 1.807) is 0 Å². The summed E-state index contributed by atoms with van der Waals surface area (Å²) in [5, 5.41) is 1.05. The lowest BCUT2D eigenvalue weighted by Crippen LogP contribution is -2.00. The molecule has 2 heteroatoms. The Morgan fingerprint density at radius 1 is 1.05 bits per heavy atom. The van der Waals surface area contributed by atoms with E-state index in [1.165, 1.54) is 11.1 Å². The smallest absolute Gasteiger partial charge is 0.165 e. The van der Waals surface area contributed by atoms with E-state index >= 15 is 0 Å². The van der Waals surface area contributed by atoms with Crippen LogP contribution in [-0.4, -0.2) is 10.8 Å². The van der Waals surface area contributed by atoms with Crippen molar-refractivity contribution in [1.29, 1.82) is 0 Å². The SMILES string of the molecule is CCc1cccc2c(C(=O)CCc3ccccc3)c[nH]c12. The predicted molar refractivity (Wildman–Crippen MR) is 86.8 cm³/mol. The van der Waals surface area contributed by atoms with Crippen molar-refractivity contribution in [2.45, 2.75) is 26.2 Å². The van der Waals surface area contributed by atoms with Gasteiger partial charge < -0.3 is 4.98 Å². The van der Waals surface area contributed by atoms with Gasteiger partial charge in [-0.25, -0.2) is 0 Å². The maximum atomic E-state index is 12.5. The number of rotatable bonds is 5. The van der Waals surface area contributed by atoms with Gasteiger partial charge in [0.2, 0.25) is 0 Å². The molecule has 0 bridgehead atoms. The van der Waals surface area contributed by atoms with Gasteiger partial charge in [-0.15, -0.1) is 0 Å². The predicted octanol–water partition coefficient (Wildman–Crippen LogP) is 4.55. The molecular formula is C19H19NO. The molecule has 0 aliphatic carbocycles. The third-order valence-corrected chi connectivity index (χ3v) is 3.97. The van der Waals surface area contributed by atoms with Gasteiger partial charge in [0.25, 0.3) is 0 Å². The summed E-state index contributed by atoms with van der Waals surface area (Å²) < 4.78 is 0. The number of aromatic nitrogens is 1. The summed E-state index contributed by atoms with van der Waals surface area (Å²) in [6.07, 6.45) is 4.17. The Morgan fingerprint density at radius 3 is 2.62 bits per heavy atom. The zero-order valence-corrected chi connectivity index (χ0v) is 12.2. The molecule has 106 valence electrons. The van der Waals surface area contributed by atoms with E-state index in [0.29, 0.717) is 6.42 Å². The highest BCUT2D eigenvalue weighted by Crippen LogP contribution is 2.23. The van der Waals surface area contributed by atoms with Gasteiger partial charge in [-0.1, -0.05) is 55.5 Å². The number of H-pyrrole nitrogens is 1. The molecule has 3 rings (SSSR count). The molecule has 0 radical (unpaired) electrons. The first-order valence-electron chi connectivity index (χ1n) is 7.45. The third-order valence-electron chi connectivity index (χ3n) is 3.97. The fourth-order valence-corrected chi connectivity index (χ4v) is 2.78. The van der Waals surface area contributed by atoms with Gasteiger partial charge in [0.1, 0.15) is 0 Å². The Bertz CT molecular complexity index is 756. The van der Waals surface area contributed by atoms with Gasteiger partial charge in [-0.05, 0) is 24.0 Å². The maximum absolute atomic E-state index is 12.5. The van der Waals surface area contributed by atoms with Crippen molar-refractivity contribution >= 4 is 16.7 Å². The van der Waals surface area contributed by atoms with Crippen LogP contribution < -0.4 is 0 Å². The number of aromatic amines is 1. The van der Waals surface area contributed by atoms with Crippen LogP contribution in [0.25, 0.3) is 10.9 Å². The number of carbonyl (C=O) groups is 1. The minimum Gasteiger partial charge on any atom is -0.360 e. The number of benzene rings is 2. The number of hydrogen-bond acceptors (Lipinski definition) is 1. The van der Waals surface area contributed by atoms with Crippen LogP contribution in [0.1, 0.15) is 34.8 Å². The van der Waals surface area contributed by atoms with Gasteiger partial charge >= 0.3 is 0 Å². The minimum absolute atomic E-state index is 0.207. The normalized spacial score (nSPS) is 10.9. The number of aryl methyl sites for hydroxylation is 2. The summed E-state index contributed by atoms with van der Waals surface area (Å²) in [5.74, 6) is 0.207. The van der Waals surface area contributed by atoms with Crippen LogP contribution in [0.15, 0.2) is 54.7 Å². The fourth-order valence-electron chi connectivity index (χ4n) is 2.78. The molecule has 21 heavy (non-hydrogen) atoms. The van der Waals surface area contributed by atoms with Crippen LogP contribution in [0, 0.1) is 0 Å². The first kappa shape index (κ1) is 13.6. The highest BCUT2D eigenvalue weighted by molar-refractivity contribution is 6.08. The molecule has 0 saturated heterocycles. The number of fused-ring (bicyclic) bond motifs is 1. The second kappa shape index (κ2) is 5.96. The van der Waals surface area contributed by atoms with Crippen molar-refractivity contribution in [3.05, 3.63) is 71.4 Å². The second-order valence-corrected chi connectivity index (χ2v) is 5.30.